The lowest BCUT2D eigenvalue weighted by Crippen LogP contribution is -2.17. The minimum atomic E-state index is -0.357. The van der Waals surface area contributed by atoms with Gasteiger partial charge in [-0.05, 0) is 55.5 Å². The van der Waals surface area contributed by atoms with Crippen molar-refractivity contribution in [3.8, 4) is 0 Å². The zero-order valence-corrected chi connectivity index (χ0v) is 16.4. The van der Waals surface area contributed by atoms with Crippen LogP contribution in [-0.2, 0) is 28.9 Å². The molecule has 0 aromatic carbocycles. The van der Waals surface area contributed by atoms with Gasteiger partial charge in [-0.25, -0.2) is 9.48 Å². The molecular formula is C16H21N5O3S2. The Hall–Kier alpha value is -1.94. The molecule has 0 saturated carbocycles. The first kappa shape index (κ1) is 18.8. The fraction of sp³-hybridized carbons (Fsp3) is 0.562. The lowest BCUT2D eigenvalue weighted by molar-refractivity contribution is -0.113. The summed E-state index contributed by atoms with van der Waals surface area (Å²) in [6, 6.07) is 0. The van der Waals surface area contributed by atoms with Gasteiger partial charge >= 0.3 is 5.97 Å². The number of fused-ring (bicyclic) bond motifs is 1. The van der Waals surface area contributed by atoms with E-state index in [9.17, 15) is 9.59 Å². The molecule has 8 nitrogen and oxygen atoms in total. The van der Waals surface area contributed by atoms with Gasteiger partial charge in [0, 0.05) is 11.4 Å². The molecule has 2 heterocycles. The molecule has 0 fully saturated rings. The lowest BCUT2D eigenvalue weighted by atomic mass is 9.95. The molecule has 0 spiro atoms. The fourth-order valence-corrected chi connectivity index (χ4v) is 4.90. The molecular weight excluding hydrogens is 374 g/mol. The summed E-state index contributed by atoms with van der Waals surface area (Å²) in [7, 11) is 0. The first-order valence-electron chi connectivity index (χ1n) is 8.64. The number of rotatable bonds is 7. The maximum absolute atomic E-state index is 12.4. The summed E-state index contributed by atoms with van der Waals surface area (Å²) in [5, 5.41) is 15.4. The van der Waals surface area contributed by atoms with E-state index in [1.807, 2.05) is 6.92 Å². The van der Waals surface area contributed by atoms with Crippen LogP contribution in [0.4, 0.5) is 5.00 Å². The third kappa shape index (κ3) is 4.07. The van der Waals surface area contributed by atoms with Gasteiger partial charge < -0.3 is 10.1 Å². The van der Waals surface area contributed by atoms with Gasteiger partial charge in [-0.2, -0.15) is 0 Å². The molecule has 26 heavy (non-hydrogen) atoms. The molecule has 3 rings (SSSR count). The normalized spacial score (nSPS) is 13.3. The molecule has 0 unspecified atom stereocenters. The van der Waals surface area contributed by atoms with E-state index in [0.717, 1.165) is 31.2 Å². The fourth-order valence-electron chi connectivity index (χ4n) is 2.86. The molecule has 2 aromatic heterocycles. The lowest BCUT2D eigenvalue weighted by Gasteiger charge is -2.12. The molecule has 0 aliphatic heterocycles. The SMILES string of the molecule is CCOC(=O)c1c(NC(=O)CSc2nnnn2CC)sc2c1CCCC2. The van der Waals surface area contributed by atoms with E-state index >= 15 is 0 Å². The van der Waals surface area contributed by atoms with Crippen LogP contribution in [0, 0.1) is 0 Å². The molecule has 0 radical (unpaired) electrons. The molecule has 10 heteroatoms. The van der Waals surface area contributed by atoms with E-state index in [1.54, 1.807) is 11.6 Å². The van der Waals surface area contributed by atoms with Crippen LogP contribution in [-0.4, -0.2) is 44.4 Å². The number of ether oxygens (including phenoxy) is 1. The highest BCUT2D eigenvalue weighted by atomic mass is 32.2. The molecule has 1 amide bonds. The monoisotopic (exact) mass is 395 g/mol. The number of esters is 1. The maximum Gasteiger partial charge on any atom is 0.341 e. The summed E-state index contributed by atoms with van der Waals surface area (Å²) in [4.78, 5) is 26.0. The molecule has 2 aromatic rings. The van der Waals surface area contributed by atoms with E-state index in [0.29, 0.717) is 28.9 Å². The number of tetrazole rings is 1. The Morgan fingerprint density at radius 1 is 1.31 bits per heavy atom. The summed E-state index contributed by atoms with van der Waals surface area (Å²) in [5.74, 6) is -0.375. The summed E-state index contributed by atoms with van der Waals surface area (Å²) in [6.45, 7) is 4.67. The van der Waals surface area contributed by atoms with Gasteiger partial charge in [0.2, 0.25) is 11.1 Å². The van der Waals surface area contributed by atoms with Crippen molar-refractivity contribution in [1.29, 1.82) is 0 Å². The molecule has 0 saturated heterocycles. The van der Waals surface area contributed by atoms with Crippen LogP contribution in [0.25, 0.3) is 0 Å². The van der Waals surface area contributed by atoms with E-state index in [1.165, 1.54) is 28.0 Å². The van der Waals surface area contributed by atoms with Crippen LogP contribution in [0.1, 0.15) is 47.5 Å². The topological polar surface area (TPSA) is 99.0 Å². The zero-order chi connectivity index (χ0) is 18.5. The predicted octanol–water partition coefficient (Wildman–Crippen LogP) is 2.54. The van der Waals surface area contributed by atoms with Gasteiger partial charge in [0.15, 0.2) is 0 Å². The number of hydrogen-bond acceptors (Lipinski definition) is 8. The van der Waals surface area contributed by atoms with Crippen molar-refractivity contribution < 1.29 is 14.3 Å². The summed E-state index contributed by atoms with van der Waals surface area (Å²) >= 11 is 2.76. The van der Waals surface area contributed by atoms with Crippen LogP contribution in [0.5, 0.6) is 0 Å². The van der Waals surface area contributed by atoms with Crippen LogP contribution >= 0.6 is 23.1 Å². The summed E-state index contributed by atoms with van der Waals surface area (Å²) in [6.07, 6.45) is 3.97. The number of carbonyl (C=O) groups excluding carboxylic acids is 2. The second-order valence-electron chi connectivity index (χ2n) is 5.75. The minimum Gasteiger partial charge on any atom is -0.462 e. The molecule has 0 atom stereocenters. The Bertz CT molecular complexity index is 802. The van der Waals surface area contributed by atoms with E-state index in [4.69, 9.17) is 4.74 Å². The van der Waals surface area contributed by atoms with Crippen LogP contribution in [0.15, 0.2) is 5.16 Å². The summed E-state index contributed by atoms with van der Waals surface area (Å²) in [5.41, 5.74) is 1.57. The average molecular weight is 396 g/mol. The van der Waals surface area contributed by atoms with Crippen LogP contribution in [0.3, 0.4) is 0 Å². The van der Waals surface area contributed by atoms with E-state index in [2.05, 4.69) is 20.8 Å². The quantitative estimate of drug-likeness (QED) is 0.568. The first-order chi connectivity index (χ1) is 12.6. The van der Waals surface area contributed by atoms with Gasteiger partial charge in [0.1, 0.15) is 5.00 Å². The number of nitrogens with one attached hydrogen (secondary N) is 1. The zero-order valence-electron chi connectivity index (χ0n) is 14.8. The Morgan fingerprint density at radius 2 is 2.12 bits per heavy atom. The largest absolute Gasteiger partial charge is 0.462 e. The van der Waals surface area contributed by atoms with Gasteiger partial charge in [-0.3, -0.25) is 4.79 Å². The molecule has 1 N–H and O–H groups in total. The average Bonchev–Trinajstić information content (AvgIpc) is 3.23. The highest BCUT2D eigenvalue weighted by Gasteiger charge is 2.27. The molecule has 1 aliphatic carbocycles. The number of anilines is 1. The predicted molar refractivity (Wildman–Crippen MR) is 99.8 cm³/mol. The van der Waals surface area contributed by atoms with Crippen molar-refractivity contribution in [3.05, 3.63) is 16.0 Å². The second kappa shape index (κ2) is 8.63. The van der Waals surface area contributed by atoms with Crippen molar-refractivity contribution in [3.63, 3.8) is 0 Å². The molecule has 140 valence electrons. The Labute approximate surface area is 159 Å². The Kier molecular flexibility index (Phi) is 6.25. The van der Waals surface area contributed by atoms with Crippen LogP contribution < -0.4 is 5.32 Å². The number of amides is 1. The van der Waals surface area contributed by atoms with E-state index in [-0.39, 0.29) is 17.6 Å². The highest BCUT2D eigenvalue weighted by molar-refractivity contribution is 7.99. The number of aromatic nitrogens is 4. The van der Waals surface area contributed by atoms with Crippen molar-refractivity contribution in [1.82, 2.24) is 20.2 Å². The first-order valence-corrected chi connectivity index (χ1v) is 10.4. The Morgan fingerprint density at radius 3 is 2.88 bits per heavy atom. The van der Waals surface area contributed by atoms with Crippen LogP contribution in [0.2, 0.25) is 0 Å². The third-order valence-electron chi connectivity index (χ3n) is 4.03. The highest BCUT2D eigenvalue weighted by Crippen LogP contribution is 2.38. The van der Waals surface area contributed by atoms with Crippen molar-refractivity contribution in [2.75, 3.05) is 17.7 Å². The number of carbonyl (C=O) groups is 2. The van der Waals surface area contributed by atoms with Crippen molar-refractivity contribution in [2.24, 2.45) is 0 Å². The van der Waals surface area contributed by atoms with Gasteiger partial charge in [0.25, 0.3) is 0 Å². The van der Waals surface area contributed by atoms with E-state index < -0.39 is 0 Å². The molecule has 1 aliphatic rings. The molecule has 0 bridgehead atoms. The van der Waals surface area contributed by atoms with Crippen molar-refractivity contribution >= 4 is 40.0 Å². The third-order valence-corrected chi connectivity index (χ3v) is 6.20. The number of hydrogen-bond donors (Lipinski definition) is 1. The standard InChI is InChI=1S/C16H21N5O3S2/c1-3-21-16(18-19-20-21)25-9-12(22)17-14-13(15(23)24-4-2)10-7-5-6-8-11(10)26-14/h3-9H2,1-2H3,(H,17,22). The number of thioether (sulfide) groups is 1. The van der Waals surface area contributed by atoms with Gasteiger partial charge in [-0.15, -0.1) is 16.4 Å². The second-order valence-corrected chi connectivity index (χ2v) is 7.80. The minimum absolute atomic E-state index is 0.172. The summed E-state index contributed by atoms with van der Waals surface area (Å²) < 4.78 is 6.84. The number of aryl methyl sites for hydroxylation is 2. The van der Waals surface area contributed by atoms with Gasteiger partial charge in [0.05, 0.1) is 17.9 Å². The number of nitrogens with zero attached hydrogens (tertiary/aromatic N) is 4. The van der Waals surface area contributed by atoms with Crippen molar-refractivity contribution in [2.45, 2.75) is 51.2 Å². The van der Waals surface area contributed by atoms with Gasteiger partial charge in [-0.1, -0.05) is 11.8 Å². The smallest absolute Gasteiger partial charge is 0.341 e. The maximum atomic E-state index is 12.4. The number of thiophene rings is 1. The Balaban J connectivity index is 1.73.